The van der Waals surface area contributed by atoms with Gasteiger partial charge in [-0.1, -0.05) is 6.07 Å². The third-order valence-electron chi connectivity index (χ3n) is 3.76. The Morgan fingerprint density at radius 3 is 2.88 bits per heavy atom. The number of aryl methyl sites for hydroxylation is 2. The van der Waals surface area contributed by atoms with Crippen LogP contribution >= 0.6 is 0 Å². The van der Waals surface area contributed by atoms with Crippen LogP contribution in [0.15, 0.2) is 30.7 Å². The van der Waals surface area contributed by atoms with Gasteiger partial charge in [-0.3, -0.25) is 0 Å². The number of benzene rings is 1. The second-order valence-corrected chi connectivity index (χ2v) is 5.34. The van der Waals surface area contributed by atoms with E-state index in [4.69, 9.17) is 10.00 Å². The molecule has 1 aromatic carbocycles. The Hall–Kier alpha value is -3.60. The highest BCUT2D eigenvalue weighted by molar-refractivity contribution is 5.80. The highest BCUT2D eigenvalue weighted by atomic mass is 16.7. The highest BCUT2D eigenvalue weighted by Gasteiger charge is 2.16. The largest absolute Gasteiger partial charge is 0.513 e. The van der Waals surface area contributed by atoms with E-state index in [9.17, 15) is 4.79 Å². The van der Waals surface area contributed by atoms with Gasteiger partial charge >= 0.3 is 6.16 Å². The molecule has 2 aromatic heterocycles. The number of ether oxygens (including phenoxy) is 2. The van der Waals surface area contributed by atoms with Gasteiger partial charge in [0.25, 0.3) is 0 Å². The molecule has 0 radical (unpaired) electrons. The SMILES string of the molecule is COC(=O)Oc1cn2ncnc(Nc3ccc(C)c(C#N)c3)c2c1C. The number of nitrogens with zero attached hydrogens (tertiary/aromatic N) is 4. The smallest absolute Gasteiger partial charge is 0.437 e. The Kier molecular flexibility index (Phi) is 4.22. The summed E-state index contributed by atoms with van der Waals surface area (Å²) in [5, 5.41) is 16.5. The first-order valence-corrected chi connectivity index (χ1v) is 7.40. The summed E-state index contributed by atoms with van der Waals surface area (Å²) in [5.74, 6) is 0.858. The Morgan fingerprint density at radius 1 is 1.36 bits per heavy atom. The minimum atomic E-state index is -0.807. The average Bonchev–Trinajstić information content (AvgIpc) is 2.93. The van der Waals surface area contributed by atoms with Crippen molar-refractivity contribution in [2.75, 3.05) is 12.4 Å². The number of hydrogen-bond acceptors (Lipinski definition) is 7. The van der Waals surface area contributed by atoms with E-state index in [1.54, 1.807) is 23.7 Å². The second-order valence-electron chi connectivity index (χ2n) is 5.34. The van der Waals surface area contributed by atoms with Crippen LogP contribution in [0.3, 0.4) is 0 Å². The first-order valence-electron chi connectivity index (χ1n) is 7.40. The van der Waals surface area contributed by atoms with Crippen LogP contribution in [0.1, 0.15) is 16.7 Å². The van der Waals surface area contributed by atoms with Crippen LogP contribution in [-0.4, -0.2) is 27.9 Å². The van der Waals surface area contributed by atoms with E-state index in [0.29, 0.717) is 28.2 Å². The molecule has 3 rings (SSSR count). The van der Waals surface area contributed by atoms with Gasteiger partial charge in [0.05, 0.1) is 24.9 Å². The topological polar surface area (TPSA) is 102 Å². The minimum Gasteiger partial charge on any atom is -0.437 e. The van der Waals surface area contributed by atoms with Crippen LogP contribution in [0.5, 0.6) is 5.75 Å². The third-order valence-corrected chi connectivity index (χ3v) is 3.76. The number of aromatic nitrogens is 3. The van der Waals surface area contributed by atoms with Gasteiger partial charge in [-0.25, -0.2) is 14.3 Å². The molecule has 0 aliphatic heterocycles. The van der Waals surface area contributed by atoms with Gasteiger partial charge < -0.3 is 14.8 Å². The van der Waals surface area contributed by atoms with Gasteiger partial charge in [-0.15, -0.1) is 0 Å². The van der Waals surface area contributed by atoms with Gasteiger partial charge in [0.1, 0.15) is 11.8 Å². The van der Waals surface area contributed by atoms with Gasteiger partial charge in [0, 0.05) is 11.3 Å². The number of fused-ring (bicyclic) bond motifs is 1. The van der Waals surface area contributed by atoms with E-state index in [-0.39, 0.29) is 0 Å². The van der Waals surface area contributed by atoms with Gasteiger partial charge in [-0.05, 0) is 31.5 Å². The molecule has 25 heavy (non-hydrogen) atoms. The maximum atomic E-state index is 11.4. The van der Waals surface area contributed by atoms with Crippen molar-refractivity contribution < 1.29 is 14.3 Å². The van der Waals surface area contributed by atoms with Crippen LogP contribution in [0.25, 0.3) is 5.52 Å². The van der Waals surface area contributed by atoms with Crippen molar-refractivity contribution in [3.05, 3.63) is 47.4 Å². The number of nitrogens with one attached hydrogen (secondary N) is 1. The van der Waals surface area contributed by atoms with Crippen molar-refractivity contribution in [3.8, 4) is 11.8 Å². The lowest BCUT2D eigenvalue weighted by atomic mass is 10.1. The molecule has 8 nitrogen and oxygen atoms in total. The lowest BCUT2D eigenvalue weighted by molar-refractivity contribution is 0.121. The summed E-state index contributed by atoms with van der Waals surface area (Å²) < 4.78 is 11.2. The fraction of sp³-hybridized carbons (Fsp3) is 0.176. The molecule has 0 amide bonds. The standard InChI is InChI=1S/C17H15N5O3/c1-10-4-5-13(6-12(10)7-18)21-16-15-11(2)14(25-17(23)24-3)8-22(15)20-9-19-16/h4-6,8-9H,1-3H3,(H,19,20,21). The number of methoxy groups -OCH3 is 1. The number of anilines is 2. The number of hydrogen-bond donors (Lipinski definition) is 1. The first-order chi connectivity index (χ1) is 12.0. The Labute approximate surface area is 143 Å². The van der Waals surface area contributed by atoms with Crippen molar-refractivity contribution in [2.24, 2.45) is 0 Å². The third kappa shape index (κ3) is 3.07. The van der Waals surface area contributed by atoms with Crippen molar-refractivity contribution in [1.82, 2.24) is 14.6 Å². The molecule has 0 fully saturated rings. The van der Waals surface area contributed by atoms with Crippen LogP contribution in [0, 0.1) is 25.2 Å². The van der Waals surface area contributed by atoms with Crippen LogP contribution in [0.4, 0.5) is 16.3 Å². The summed E-state index contributed by atoms with van der Waals surface area (Å²) in [6.45, 7) is 3.66. The van der Waals surface area contributed by atoms with Gasteiger partial charge in [-0.2, -0.15) is 10.4 Å². The molecular formula is C17H15N5O3. The summed E-state index contributed by atoms with van der Waals surface area (Å²) >= 11 is 0. The number of rotatable bonds is 3. The van der Waals surface area contributed by atoms with E-state index >= 15 is 0 Å². The molecule has 0 spiro atoms. The monoisotopic (exact) mass is 337 g/mol. The lowest BCUT2D eigenvalue weighted by Crippen LogP contribution is -2.07. The predicted octanol–water partition coefficient (Wildman–Crippen LogP) is 3.11. The highest BCUT2D eigenvalue weighted by Crippen LogP contribution is 2.30. The number of carbonyl (C=O) groups is 1. The second kappa shape index (κ2) is 6.49. The molecule has 8 heteroatoms. The molecule has 2 heterocycles. The fourth-order valence-corrected chi connectivity index (χ4v) is 2.42. The zero-order valence-corrected chi connectivity index (χ0v) is 13.9. The predicted molar refractivity (Wildman–Crippen MR) is 89.9 cm³/mol. The molecule has 0 atom stereocenters. The molecule has 0 saturated carbocycles. The maximum absolute atomic E-state index is 11.4. The van der Waals surface area contributed by atoms with Gasteiger partial charge in [0.15, 0.2) is 11.6 Å². The van der Waals surface area contributed by atoms with Crippen molar-refractivity contribution in [3.63, 3.8) is 0 Å². The molecule has 0 unspecified atom stereocenters. The first kappa shape index (κ1) is 16.3. The molecule has 3 aromatic rings. The maximum Gasteiger partial charge on any atom is 0.513 e. The molecule has 1 N–H and O–H groups in total. The molecule has 0 aliphatic rings. The normalized spacial score (nSPS) is 10.3. The molecular weight excluding hydrogens is 322 g/mol. The number of nitriles is 1. The van der Waals surface area contributed by atoms with Gasteiger partial charge in [0.2, 0.25) is 0 Å². The van der Waals surface area contributed by atoms with Crippen LogP contribution in [-0.2, 0) is 4.74 Å². The number of carbonyl (C=O) groups excluding carboxylic acids is 1. The zero-order chi connectivity index (χ0) is 18.0. The van der Waals surface area contributed by atoms with Crippen LogP contribution in [0.2, 0.25) is 0 Å². The summed E-state index contributed by atoms with van der Waals surface area (Å²) in [7, 11) is 1.24. The summed E-state index contributed by atoms with van der Waals surface area (Å²) in [4.78, 5) is 15.6. The van der Waals surface area contributed by atoms with E-state index in [2.05, 4.69) is 26.2 Å². The van der Waals surface area contributed by atoms with Crippen molar-refractivity contribution >= 4 is 23.2 Å². The van der Waals surface area contributed by atoms with E-state index in [1.165, 1.54) is 13.4 Å². The molecule has 0 bridgehead atoms. The Bertz CT molecular complexity index is 1000. The molecule has 0 saturated heterocycles. The van der Waals surface area contributed by atoms with Crippen molar-refractivity contribution in [2.45, 2.75) is 13.8 Å². The fourth-order valence-electron chi connectivity index (χ4n) is 2.42. The summed E-state index contributed by atoms with van der Waals surface area (Å²) in [6, 6.07) is 7.62. The lowest BCUT2D eigenvalue weighted by Gasteiger charge is -2.09. The summed E-state index contributed by atoms with van der Waals surface area (Å²) in [5.41, 5.74) is 3.53. The molecule has 126 valence electrons. The Morgan fingerprint density at radius 2 is 2.16 bits per heavy atom. The van der Waals surface area contributed by atoms with Crippen LogP contribution < -0.4 is 10.1 Å². The zero-order valence-electron chi connectivity index (χ0n) is 13.9. The Balaban J connectivity index is 2.02. The summed E-state index contributed by atoms with van der Waals surface area (Å²) in [6.07, 6.45) is 2.15. The van der Waals surface area contributed by atoms with E-state index in [1.807, 2.05) is 19.1 Å². The van der Waals surface area contributed by atoms with E-state index in [0.717, 1.165) is 11.3 Å². The van der Waals surface area contributed by atoms with E-state index < -0.39 is 6.16 Å². The van der Waals surface area contributed by atoms with Crippen molar-refractivity contribution in [1.29, 1.82) is 5.26 Å². The quantitative estimate of drug-likeness (QED) is 0.733. The molecule has 0 aliphatic carbocycles. The minimum absolute atomic E-state index is 0.331. The average molecular weight is 337 g/mol.